The van der Waals surface area contributed by atoms with Crippen molar-refractivity contribution < 1.29 is 31.4 Å². The number of benzene rings is 1. The standard InChI is InChI=1S/C27H27F5N10O2/c1-40-13-33-24(39-40)14-7-6-8-15(22(14)43-3)34-16-11-18(35-19-12-17(27(30,31)32)41(2)38-19)36-25-21(16)37-26(23(28)29)42(25)20-9-4-5-10-44-20/h6-8,11-13,20,23H,4-5,9-10H2,1-3H3,(H2,34,35,36,38). The van der Waals surface area contributed by atoms with Gasteiger partial charge in [0.05, 0.1) is 24.0 Å². The van der Waals surface area contributed by atoms with Gasteiger partial charge in [0.2, 0.25) is 0 Å². The van der Waals surface area contributed by atoms with Crippen molar-refractivity contribution in [1.82, 2.24) is 39.1 Å². The predicted molar refractivity (Wildman–Crippen MR) is 149 cm³/mol. The van der Waals surface area contributed by atoms with Crippen molar-refractivity contribution in [2.45, 2.75) is 38.1 Å². The lowest BCUT2D eigenvalue weighted by atomic mass is 10.1. The fraction of sp³-hybridized carbons (Fsp3) is 0.370. The predicted octanol–water partition coefficient (Wildman–Crippen LogP) is 6.11. The van der Waals surface area contributed by atoms with Gasteiger partial charge >= 0.3 is 6.18 Å². The van der Waals surface area contributed by atoms with Crippen LogP contribution < -0.4 is 15.4 Å². The van der Waals surface area contributed by atoms with Crippen LogP contribution in [0.5, 0.6) is 5.75 Å². The minimum Gasteiger partial charge on any atom is -0.494 e. The number of halogens is 5. The van der Waals surface area contributed by atoms with Crippen LogP contribution in [0, 0.1) is 0 Å². The first-order valence-corrected chi connectivity index (χ1v) is 13.5. The molecule has 0 aliphatic carbocycles. The minimum absolute atomic E-state index is 0.0334. The van der Waals surface area contributed by atoms with Gasteiger partial charge in [-0.25, -0.2) is 23.7 Å². The highest BCUT2D eigenvalue weighted by molar-refractivity contribution is 5.92. The van der Waals surface area contributed by atoms with Crippen LogP contribution in [0.1, 0.15) is 43.4 Å². The van der Waals surface area contributed by atoms with Crippen molar-refractivity contribution in [3.05, 3.63) is 48.2 Å². The Hall–Kier alpha value is -4.80. The molecule has 5 aromatic rings. The molecule has 5 heterocycles. The maximum Gasteiger partial charge on any atom is 0.433 e. The number of methoxy groups -OCH3 is 1. The quantitative estimate of drug-likeness (QED) is 0.198. The lowest BCUT2D eigenvalue weighted by Crippen LogP contribution is -2.20. The molecule has 17 heteroatoms. The van der Waals surface area contributed by atoms with Crippen LogP contribution in [0.2, 0.25) is 0 Å². The number of hydrogen-bond donors (Lipinski definition) is 2. The van der Waals surface area contributed by atoms with Crippen molar-refractivity contribution in [2.24, 2.45) is 14.1 Å². The van der Waals surface area contributed by atoms with E-state index in [9.17, 15) is 22.0 Å². The Morgan fingerprint density at radius 3 is 2.48 bits per heavy atom. The number of para-hydroxylation sites is 1. The van der Waals surface area contributed by atoms with Crippen LogP contribution >= 0.6 is 0 Å². The Kier molecular flexibility index (Phi) is 7.56. The zero-order valence-corrected chi connectivity index (χ0v) is 23.7. The summed E-state index contributed by atoms with van der Waals surface area (Å²) in [6, 6.07) is 7.48. The van der Waals surface area contributed by atoms with E-state index in [1.54, 1.807) is 25.2 Å². The van der Waals surface area contributed by atoms with Gasteiger partial charge in [0.1, 0.15) is 29.6 Å². The fourth-order valence-electron chi connectivity index (χ4n) is 5.17. The highest BCUT2D eigenvalue weighted by Crippen LogP contribution is 2.40. The molecule has 2 N–H and O–H groups in total. The Morgan fingerprint density at radius 2 is 1.84 bits per heavy atom. The van der Waals surface area contributed by atoms with E-state index in [0.717, 1.165) is 26.0 Å². The first-order valence-electron chi connectivity index (χ1n) is 13.5. The largest absolute Gasteiger partial charge is 0.494 e. The molecule has 1 atom stereocenters. The summed E-state index contributed by atoms with van der Waals surface area (Å²) in [5, 5.41) is 14.2. The molecule has 0 amide bonds. The molecule has 1 aliphatic heterocycles. The molecule has 44 heavy (non-hydrogen) atoms. The molecule has 12 nitrogen and oxygen atoms in total. The van der Waals surface area contributed by atoms with Gasteiger partial charge in [-0.3, -0.25) is 13.9 Å². The molecular formula is C27H27F5N10O2. The molecule has 0 radical (unpaired) electrons. The number of aromatic nitrogens is 8. The van der Waals surface area contributed by atoms with Gasteiger partial charge in [-0.2, -0.15) is 23.4 Å². The second-order valence-electron chi connectivity index (χ2n) is 10.1. The molecule has 1 unspecified atom stereocenters. The summed E-state index contributed by atoms with van der Waals surface area (Å²) in [5.41, 5.74) is 0.378. The number of aryl methyl sites for hydroxylation is 2. The molecular weight excluding hydrogens is 591 g/mol. The van der Waals surface area contributed by atoms with Crippen molar-refractivity contribution >= 4 is 34.2 Å². The number of rotatable bonds is 8. The number of nitrogens with zero attached hydrogens (tertiary/aromatic N) is 8. The van der Waals surface area contributed by atoms with Crippen LogP contribution in [-0.2, 0) is 25.0 Å². The third-order valence-corrected chi connectivity index (χ3v) is 7.07. The smallest absolute Gasteiger partial charge is 0.433 e. The molecule has 1 aliphatic rings. The van der Waals surface area contributed by atoms with E-state index in [0.29, 0.717) is 40.5 Å². The van der Waals surface area contributed by atoms with Gasteiger partial charge in [0, 0.05) is 32.8 Å². The number of hydrogen-bond acceptors (Lipinski definition) is 9. The second kappa shape index (κ2) is 11.4. The number of fused-ring (bicyclic) bond motifs is 1. The summed E-state index contributed by atoms with van der Waals surface area (Å²) in [6.45, 7) is 0.371. The summed E-state index contributed by atoms with van der Waals surface area (Å²) in [4.78, 5) is 13.1. The number of alkyl halides is 5. The number of nitrogens with one attached hydrogen (secondary N) is 2. The van der Waals surface area contributed by atoms with Gasteiger partial charge in [-0.1, -0.05) is 6.07 Å². The molecule has 1 saturated heterocycles. The van der Waals surface area contributed by atoms with Crippen molar-refractivity contribution in [3.8, 4) is 17.1 Å². The SMILES string of the molecule is COc1c(Nc2cc(Nc3cc(C(F)(F)F)n(C)n3)nc3c2nc(C(F)F)n3C2CCCCO2)cccc1-c1ncn(C)n1. The molecule has 232 valence electrons. The first-order chi connectivity index (χ1) is 21.0. The molecule has 0 spiro atoms. The van der Waals surface area contributed by atoms with E-state index in [1.165, 1.54) is 28.8 Å². The van der Waals surface area contributed by atoms with Gasteiger partial charge in [-0.05, 0) is 31.4 Å². The minimum atomic E-state index is -4.64. The maximum absolute atomic E-state index is 14.4. The molecule has 1 aromatic carbocycles. The highest BCUT2D eigenvalue weighted by Gasteiger charge is 2.35. The van der Waals surface area contributed by atoms with Crippen LogP contribution in [-0.4, -0.2) is 52.8 Å². The summed E-state index contributed by atoms with van der Waals surface area (Å²) < 4.78 is 84.1. The first kappa shape index (κ1) is 29.3. The molecule has 6 rings (SSSR count). The zero-order chi connectivity index (χ0) is 31.2. The number of pyridine rings is 1. The van der Waals surface area contributed by atoms with E-state index in [-0.39, 0.29) is 28.5 Å². The molecule has 0 saturated carbocycles. The highest BCUT2D eigenvalue weighted by atomic mass is 19.4. The van der Waals surface area contributed by atoms with Gasteiger partial charge in [-0.15, -0.1) is 0 Å². The van der Waals surface area contributed by atoms with E-state index in [4.69, 9.17) is 9.47 Å². The normalized spacial score (nSPS) is 15.7. The lowest BCUT2D eigenvalue weighted by molar-refractivity contribution is -0.143. The van der Waals surface area contributed by atoms with Crippen molar-refractivity contribution in [2.75, 3.05) is 24.4 Å². The maximum atomic E-state index is 14.4. The van der Waals surface area contributed by atoms with Gasteiger partial charge in [0.15, 0.2) is 28.9 Å². The third kappa shape index (κ3) is 5.49. The monoisotopic (exact) mass is 618 g/mol. The van der Waals surface area contributed by atoms with E-state index in [1.807, 2.05) is 0 Å². The Bertz CT molecular complexity index is 1810. The van der Waals surface area contributed by atoms with E-state index >= 15 is 0 Å². The van der Waals surface area contributed by atoms with Crippen molar-refractivity contribution in [3.63, 3.8) is 0 Å². The zero-order valence-electron chi connectivity index (χ0n) is 23.7. The van der Waals surface area contributed by atoms with Crippen LogP contribution in [0.4, 0.5) is 45.0 Å². The van der Waals surface area contributed by atoms with Gasteiger partial charge < -0.3 is 20.1 Å². The molecule has 1 fully saturated rings. The summed E-state index contributed by atoms with van der Waals surface area (Å²) in [5.74, 6) is 0.0974. The Balaban J connectivity index is 1.51. The van der Waals surface area contributed by atoms with Gasteiger partial charge in [0.25, 0.3) is 6.43 Å². The third-order valence-electron chi connectivity index (χ3n) is 7.07. The second-order valence-corrected chi connectivity index (χ2v) is 10.1. The van der Waals surface area contributed by atoms with Crippen LogP contribution in [0.15, 0.2) is 36.7 Å². The molecule has 4 aromatic heterocycles. The van der Waals surface area contributed by atoms with E-state index < -0.39 is 30.3 Å². The van der Waals surface area contributed by atoms with E-state index in [2.05, 4.69) is 35.8 Å². The average Bonchev–Trinajstić information content (AvgIpc) is 3.70. The van der Waals surface area contributed by atoms with Crippen LogP contribution in [0.3, 0.4) is 0 Å². The Labute approximate surface area is 246 Å². The lowest BCUT2D eigenvalue weighted by Gasteiger charge is -2.25. The Morgan fingerprint density at radius 1 is 1.02 bits per heavy atom. The summed E-state index contributed by atoms with van der Waals surface area (Å²) >= 11 is 0. The van der Waals surface area contributed by atoms with Crippen LogP contribution in [0.25, 0.3) is 22.6 Å². The van der Waals surface area contributed by atoms with Crippen molar-refractivity contribution in [1.29, 1.82) is 0 Å². The fourth-order valence-corrected chi connectivity index (χ4v) is 5.17. The topological polar surface area (TPSA) is 122 Å². The summed E-state index contributed by atoms with van der Waals surface area (Å²) in [6.07, 6.45) is -4.84. The number of imidazole rings is 1. The average molecular weight is 619 g/mol. The summed E-state index contributed by atoms with van der Waals surface area (Å²) in [7, 11) is 4.35. The number of ether oxygens (including phenoxy) is 2. The molecule has 0 bridgehead atoms. The number of anilines is 4.